The van der Waals surface area contributed by atoms with Gasteiger partial charge in [0.2, 0.25) is 5.91 Å². The molecule has 2 aliphatic heterocycles. The highest BCUT2D eigenvalue weighted by atomic mass is 35.5. The van der Waals surface area contributed by atoms with Gasteiger partial charge in [-0.25, -0.2) is 4.79 Å². The average molecular weight is 457 g/mol. The Labute approximate surface area is 181 Å². The number of ether oxygens (including phenoxy) is 1. The average Bonchev–Trinajstić information content (AvgIpc) is 2.95. The van der Waals surface area contributed by atoms with Crippen LogP contribution in [0, 0.1) is 13.8 Å². The van der Waals surface area contributed by atoms with Crippen LogP contribution in [0.5, 0.6) is 0 Å². The van der Waals surface area contributed by atoms with Crippen molar-refractivity contribution in [1.29, 1.82) is 0 Å². The fourth-order valence-corrected chi connectivity index (χ4v) is 4.84. The standard InChI is InChI=1S/C18H21ClN4O6S/c1-7-12(19)8(2)23(21-7)9(3)15(25)20-13-16(26)22-14(18(27)28)11(5-29-10(4)24)6-30-17(13)22/h9,13,17H,5-6H2,1-4H3,(H,20,25)(H,27,28)/t9-,13-,17+/m0/s1. The monoisotopic (exact) mass is 456 g/mol. The predicted molar refractivity (Wildman–Crippen MR) is 108 cm³/mol. The van der Waals surface area contributed by atoms with Gasteiger partial charge in [0.15, 0.2) is 0 Å². The van der Waals surface area contributed by atoms with Gasteiger partial charge in [0, 0.05) is 18.2 Å². The molecule has 3 atom stereocenters. The van der Waals surface area contributed by atoms with E-state index in [0.29, 0.717) is 22.0 Å². The molecule has 0 spiro atoms. The van der Waals surface area contributed by atoms with E-state index < -0.39 is 41.2 Å². The number of hydrogen-bond acceptors (Lipinski definition) is 7. The first-order chi connectivity index (χ1) is 14.0. The maximum absolute atomic E-state index is 12.7. The van der Waals surface area contributed by atoms with Crippen LogP contribution in [0.3, 0.4) is 0 Å². The van der Waals surface area contributed by atoms with Crippen LogP contribution in [0.25, 0.3) is 0 Å². The number of carbonyl (C=O) groups excluding carboxylic acids is 3. The molecule has 0 unspecified atom stereocenters. The molecule has 162 valence electrons. The van der Waals surface area contributed by atoms with Crippen LogP contribution in [0.2, 0.25) is 5.02 Å². The van der Waals surface area contributed by atoms with Gasteiger partial charge in [0.1, 0.15) is 29.8 Å². The molecule has 1 saturated heterocycles. The minimum Gasteiger partial charge on any atom is -0.477 e. The van der Waals surface area contributed by atoms with Crippen molar-refractivity contribution >= 4 is 47.1 Å². The van der Waals surface area contributed by atoms with E-state index in [2.05, 4.69) is 10.4 Å². The number of aromatic nitrogens is 2. The molecule has 12 heteroatoms. The predicted octanol–water partition coefficient (Wildman–Crippen LogP) is 1.02. The van der Waals surface area contributed by atoms with E-state index in [-0.39, 0.29) is 18.1 Å². The number of aryl methyl sites for hydroxylation is 1. The second-order valence-electron chi connectivity index (χ2n) is 7.04. The third-order valence-corrected chi connectivity index (χ3v) is 6.87. The van der Waals surface area contributed by atoms with E-state index >= 15 is 0 Å². The molecule has 2 N–H and O–H groups in total. The number of fused-ring (bicyclic) bond motifs is 1. The third kappa shape index (κ3) is 3.79. The number of β-lactam (4-membered cyclic amide) rings is 1. The van der Waals surface area contributed by atoms with E-state index in [9.17, 15) is 24.3 Å². The molecule has 0 saturated carbocycles. The van der Waals surface area contributed by atoms with Crippen LogP contribution in [-0.2, 0) is 23.9 Å². The maximum Gasteiger partial charge on any atom is 0.352 e. The van der Waals surface area contributed by atoms with Crippen molar-refractivity contribution in [2.45, 2.75) is 45.2 Å². The van der Waals surface area contributed by atoms with E-state index in [4.69, 9.17) is 16.3 Å². The zero-order valence-electron chi connectivity index (χ0n) is 16.8. The number of amides is 2. The minimum atomic E-state index is -1.29. The number of aliphatic carboxylic acids is 1. The molecule has 0 radical (unpaired) electrons. The summed E-state index contributed by atoms with van der Waals surface area (Å²) in [5.41, 5.74) is 1.37. The Morgan fingerprint density at radius 1 is 1.40 bits per heavy atom. The molecule has 3 rings (SSSR count). The van der Waals surface area contributed by atoms with Gasteiger partial charge in [-0.05, 0) is 20.8 Å². The summed E-state index contributed by atoms with van der Waals surface area (Å²) in [6.07, 6.45) is 0. The fourth-order valence-electron chi connectivity index (χ4n) is 3.39. The Morgan fingerprint density at radius 2 is 2.07 bits per heavy atom. The highest BCUT2D eigenvalue weighted by Crippen LogP contribution is 2.40. The summed E-state index contributed by atoms with van der Waals surface area (Å²) in [6.45, 7) is 6.13. The van der Waals surface area contributed by atoms with Gasteiger partial charge in [0.25, 0.3) is 5.91 Å². The quantitative estimate of drug-likeness (QED) is 0.479. The van der Waals surface area contributed by atoms with Crippen molar-refractivity contribution in [3.8, 4) is 0 Å². The Hall–Kier alpha value is -2.53. The molecule has 0 aromatic carbocycles. The van der Waals surface area contributed by atoms with Crippen LogP contribution in [-0.4, -0.2) is 67.3 Å². The summed E-state index contributed by atoms with van der Waals surface area (Å²) in [4.78, 5) is 49.3. The van der Waals surface area contributed by atoms with Crippen LogP contribution >= 0.6 is 23.4 Å². The summed E-state index contributed by atoms with van der Waals surface area (Å²) in [5, 5.41) is 16.4. The molecule has 10 nitrogen and oxygen atoms in total. The summed E-state index contributed by atoms with van der Waals surface area (Å²) in [5.74, 6) is -2.53. The van der Waals surface area contributed by atoms with Crippen molar-refractivity contribution < 1.29 is 29.0 Å². The highest BCUT2D eigenvalue weighted by molar-refractivity contribution is 8.00. The second-order valence-corrected chi connectivity index (χ2v) is 8.52. The molecule has 1 aromatic rings. The van der Waals surface area contributed by atoms with Crippen LogP contribution < -0.4 is 5.32 Å². The summed E-state index contributed by atoms with van der Waals surface area (Å²) < 4.78 is 6.39. The molecule has 2 aliphatic rings. The number of nitrogens with one attached hydrogen (secondary N) is 1. The van der Waals surface area contributed by atoms with Crippen molar-refractivity contribution in [3.05, 3.63) is 27.7 Å². The lowest BCUT2D eigenvalue weighted by Crippen LogP contribution is -2.71. The number of halogens is 1. The molecule has 2 amide bonds. The number of rotatable bonds is 6. The first-order valence-electron chi connectivity index (χ1n) is 9.09. The Balaban J connectivity index is 1.74. The smallest absolute Gasteiger partial charge is 0.352 e. The Bertz CT molecular complexity index is 974. The fraction of sp³-hybridized carbons (Fsp3) is 0.500. The summed E-state index contributed by atoms with van der Waals surface area (Å²) in [7, 11) is 0. The van der Waals surface area contributed by atoms with Gasteiger partial charge in [-0.2, -0.15) is 5.10 Å². The van der Waals surface area contributed by atoms with E-state index in [0.717, 1.165) is 4.90 Å². The molecule has 1 aromatic heterocycles. The molecule has 1 fully saturated rings. The summed E-state index contributed by atoms with van der Waals surface area (Å²) >= 11 is 7.44. The zero-order valence-corrected chi connectivity index (χ0v) is 18.3. The number of carboxylic acids is 1. The molecular formula is C18H21ClN4O6S. The normalized spacial score (nSPS) is 21.6. The van der Waals surface area contributed by atoms with Gasteiger partial charge >= 0.3 is 11.9 Å². The first kappa shape index (κ1) is 22.2. The van der Waals surface area contributed by atoms with Crippen molar-refractivity contribution in [2.75, 3.05) is 12.4 Å². The molecule has 3 heterocycles. The molecule has 0 aliphatic carbocycles. The van der Waals surface area contributed by atoms with Gasteiger partial charge in [0.05, 0.1) is 16.4 Å². The molecule has 0 bridgehead atoms. The number of carboxylic acid groups (broad SMARTS) is 1. The Morgan fingerprint density at radius 3 is 2.60 bits per heavy atom. The van der Waals surface area contributed by atoms with Gasteiger partial charge < -0.3 is 15.2 Å². The highest BCUT2D eigenvalue weighted by Gasteiger charge is 2.54. The zero-order chi connectivity index (χ0) is 22.3. The minimum absolute atomic E-state index is 0.200. The van der Waals surface area contributed by atoms with Crippen LogP contribution in [0.4, 0.5) is 0 Å². The molecular weight excluding hydrogens is 436 g/mol. The Kier molecular flexibility index (Phi) is 6.14. The number of hydrogen-bond donors (Lipinski definition) is 2. The van der Waals surface area contributed by atoms with Crippen LogP contribution in [0.15, 0.2) is 11.3 Å². The van der Waals surface area contributed by atoms with E-state index in [1.54, 1.807) is 20.8 Å². The lowest BCUT2D eigenvalue weighted by atomic mass is 10.0. The van der Waals surface area contributed by atoms with Crippen LogP contribution in [0.1, 0.15) is 31.3 Å². The van der Waals surface area contributed by atoms with Crippen molar-refractivity contribution in [1.82, 2.24) is 20.0 Å². The molecule has 30 heavy (non-hydrogen) atoms. The maximum atomic E-state index is 12.7. The van der Waals surface area contributed by atoms with Crippen molar-refractivity contribution in [3.63, 3.8) is 0 Å². The first-order valence-corrected chi connectivity index (χ1v) is 10.5. The van der Waals surface area contributed by atoms with Gasteiger partial charge in [-0.15, -0.1) is 11.8 Å². The lowest BCUT2D eigenvalue weighted by molar-refractivity contribution is -0.151. The third-order valence-electron chi connectivity index (χ3n) is 4.98. The number of carbonyl (C=O) groups is 4. The second kappa shape index (κ2) is 8.31. The van der Waals surface area contributed by atoms with E-state index in [1.165, 1.54) is 23.4 Å². The number of nitrogens with zero attached hydrogens (tertiary/aromatic N) is 3. The summed E-state index contributed by atoms with van der Waals surface area (Å²) in [6, 6.07) is -1.57. The number of esters is 1. The van der Waals surface area contributed by atoms with Gasteiger partial charge in [-0.3, -0.25) is 24.0 Å². The van der Waals surface area contributed by atoms with Crippen molar-refractivity contribution in [2.24, 2.45) is 0 Å². The lowest BCUT2D eigenvalue weighted by Gasteiger charge is -2.49. The topological polar surface area (TPSA) is 131 Å². The van der Waals surface area contributed by atoms with E-state index in [1.807, 2.05) is 0 Å². The van der Waals surface area contributed by atoms with Gasteiger partial charge in [-0.1, -0.05) is 11.6 Å². The largest absolute Gasteiger partial charge is 0.477 e. The number of thioether (sulfide) groups is 1. The SMILES string of the molecule is CC(=O)OCC1=C(C(=O)O)N2C(=O)[C@H](NC(=O)[C@H](C)n3nc(C)c(Cl)c3C)[C@H]2SC1.